The minimum Gasteiger partial charge on any atom is -0.313 e. The van der Waals surface area contributed by atoms with Crippen LogP contribution < -0.4 is 5.62 Å². The van der Waals surface area contributed by atoms with E-state index in [4.69, 9.17) is 5.41 Å². The lowest BCUT2D eigenvalue weighted by molar-refractivity contribution is 0.803. The molecule has 0 spiro atoms. The highest BCUT2D eigenvalue weighted by atomic mass is 15.2. The molecule has 0 saturated heterocycles. The van der Waals surface area contributed by atoms with Crippen LogP contribution in [0.1, 0.15) is 0 Å². The first kappa shape index (κ1) is 7.86. The third-order valence-electron chi connectivity index (χ3n) is 2.23. The Hall–Kier alpha value is -1.77. The fourth-order valence-electron chi connectivity index (χ4n) is 1.53. The minimum atomic E-state index is 0.441. The number of rotatable bonds is 1. The summed E-state index contributed by atoms with van der Waals surface area (Å²) in [5.74, 6) is 0. The molecule has 3 nitrogen and oxygen atoms in total. The zero-order valence-corrected chi connectivity index (χ0v) is 7.49. The van der Waals surface area contributed by atoms with Crippen LogP contribution >= 0.6 is 0 Å². The molecule has 0 radical (unpaired) electrons. The maximum atomic E-state index is 7.78. The number of aromatic nitrogens is 2. The van der Waals surface area contributed by atoms with Gasteiger partial charge in [0.05, 0.1) is 11.0 Å². The molecular weight excluding hydrogens is 162 g/mol. The molecule has 1 aromatic heterocycles. The predicted octanol–water partition coefficient (Wildman–Crippen LogP) is 1.56. The van der Waals surface area contributed by atoms with E-state index in [2.05, 4.69) is 6.58 Å². The van der Waals surface area contributed by atoms with Crippen molar-refractivity contribution in [2.75, 3.05) is 0 Å². The Morgan fingerprint density at radius 3 is 2.54 bits per heavy atom. The number of nitrogens with zero attached hydrogens (tertiary/aromatic N) is 2. The molecule has 0 saturated carbocycles. The summed E-state index contributed by atoms with van der Waals surface area (Å²) < 4.78 is 3.59. The second kappa shape index (κ2) is 2.62. The number of aryl methyl sites for hydroxylation is 1. The molecule has 66 valence electrons. The quantitative estimate of drug-likeness (QED) is 0.679. The lowest BCUT2D eigenvalue weighted by Gasteiger charge is -1.92. The zero-order chi connectivity index (χ0) is 9.42. The van der Waals surface area contributed by atoms with Gasteiger partial charge >= 0.3 is 0 Å². The van der Waals surface area contributed by atoms with Crippen molar-refractivity contribution in [3.63, 3.8) is 0 Å². The summed E-state index contributed by atoms with van der Waals surface area (Å²) in [5.41, 5.74) is 2.51. The first-order valence-electron chi connectivity index (χ1n) is 4.09. The van der Waals surface area contributed by atoms with Gasteiger partial charge in [0.15, 0.2) is 0 Å². The van der Waals surface area contributed by atoms with E-state index >= 15 is 0 Å². The SMILES string of the molecule is C=Cn1c(=N)n(C)c2ccccc21. The summed E-state index contributed by atoms with van der Waals surface area (Å²) in [6.07, 6.45) is 1.66. The maximum Gasteiger partial charge on any atom is 0.206 e. The van der Waals surface area contributed by atoms with Gasteiger partial charge in [-0.1, -0.05) is 18.7 Å². The van der Waals surface area contributed by atoms with E-state index in [0.717, 1.165) is 11.0 Å². The summed E-state index contributed by atoms with van der Waals surface area (Å²) in [6, 6.07) is 7.90. The van der Waals surface area contributed by atoms with E-state index in [9.17, 15) is 0 Å². The molecule has 1 heterocycles. The number of nitrogens with one attached hydrogen (secondary N) is 1. The van der Waals surface area contributed by atoms with Gasteiger partial charge < -0.3 is 4.57 Å². The average Bonchev–Trinajstić information content (AvgIpc) is 2.41. The molecule has 0 aliphatic carbocycles. The Balaban J connectivity index is 3.07. The van der Waals surface area contributed by atoms with Crippen LogP contribution in [0.5, 0.6) is 0 Å². The molecule has 1 N–H and O–H groups in total. The van der Waals surface area contributed by atoms with E-state index in [1.54, 1.807) is 10.8 Å². The normalized spacial score (nSPS) is 10.5. The van der Waals surface area contributed by atoms with Crippen molar-refractivity contribution in [3.8, 4) is 0 Å². The van der Waals surface area contributed by atoms with Crippen LogP contribution in [0.25, 0.3) is 17.2 Å². The highest BCUT2D eigenvalue weighted by Gasteiger charge is 2.03. The van der Waals surface area contributed by atoms with Gasteiger partial charge in [0.1, 0.15) is 0 Å². The predicted molar refractivity (Wildman–Crippen MR) is 53.2 cm³/mol. The monoisotopic (exact) mass is 173 g/mol. The number of imidazole rings is 1. The summed E-state index contributed by atoms with van der Waals surface area (Å²) in [6.45, 7) is 3.68. The van der Waals surface area contributed by atoms with E-state index in [1.165, 1.54) is 0 Å². The number of para-hydroxylation sites is 2. The van der Waals surface area contributed by atoms with Gasteiger partial charge in [-0.3, -0.25) is 9.98 Å². The Labute approximate surface area is 76.1 Å². The van der Waals surface area contributed by atoms with Crippen molar-refractivity contribution in [3.05, 3.63) is 36.5 Å². The van der Waals surface area contributed by atoms with Crippen molar-refractivity contribution < 1.29 is 0 Å². The molecule has 3 heteroatoms. The van der Waals surface area contributed by atoms with Crippen LogP contribution in [0.4, 0.5) is 0 Å². The molecule has 0 aliphatic rings. The number of benzene rings is 1. The third kappa shape index (κ3) is 0.935. The van der Waals surface area contributed by atoms with Gasteiger partial charge in [-0.25, -0.2) is 0 Å². The minimum absolute atomic E-state index is 0.441. The summed E-state index contributed by atoms with van der Waals surface area (Å²) in [7, 11) is 1.88. The molecule has 2 aromatic rings. The van der Waals surface area contributed by atoms with Crippen LogP contribution in [0.2, 0.25) is 0 Å². The van der Waals surface area contributed by atoms with Crippen molar-refractivity contribution >= 4 is 17.2 Å². The highest BCUT2D eigenvalue weighted by molar-refractivity contribution is 5.77. The van der Waals surface area contributed by atoms with Crippen molar-refractivity contribution in [2.45, 2.75) is 0 Å². The molecular formula is C10H11N3. The number of hydrogen-bond acceptors (Lipinski definition) is 1. The first-order chi connectivity index (χ1) is 6.25. The maximum absolute atomic E-state index is 7.78. The summed E-state index contributed by atoms with van der Waals surface area (Å²) in [4.78, 5) is 0. The van der Waals surface area contributed by atoms with Crippen LogP contribution in [-0.4, -0.2) is 9.13 Å². The molecule has 0 bridgehead atoms. The number of fused-ring (bicyclic) bond motifs is 1. The van der Waals surface area contributed by atoms with Gasteiger partial charge in [-0.2, -0.15) is 0 Å². The zero-order valence-electron chi connectivity index (χ0n) is 7.49. The molecule has 0 atom stereocenters. The summed E-state index contributed by atoms with van der Waals surface area (Å²) >= 11 is 0. The average molecular weight is 173 g/mol. The summed E-state index contributed by atoms with van der Waals surface area (Å²) in [5, 5.41) is 7.78. The van der Waals surface area contributed by atoms with Crippen LogP contribution in [0.15, 0.2) is 30.8 Å². The molecule has 2 rings (SSSR count). The second-order valence-corrected chi connectivity index (χ2v) is 2.92. The van der Waals surface area contributed by atoms with Crippen LogP contribution in [-0.2, 0) is 7.05 Å². The lowest BCUT2D eigenvalue weighted by atomic mass is 10.3. The Morgan fingerprint density at radius 2 is 1.92 bits per heavy atom. The largest absolute Gasteiger partial charge is 0.313 e. The topological polar surface area (TPSA) is 33.7 Å². The van der Waals surface area contributed by atoms with Crippen molar-refractivity contribution in [1.29, 1.82) is 5.41 Å². The van der Waals surface area contributed by atoms with E-state index in [1.807, 2.05) is 35.9 Å². The molecule has 0 fully saturated rings. The van der Waals surface area contributed by atoms with Gasteiger partial charge in [0, 0.05) is 13.2 Å². The van der Waals surface area contributed by atoms with Gasteiger partial charge in [0.2, 0.25) is 5.62 Å². The first-order valence-corrected chi connectivity index (χ1v) is 4.09. The Morgan fingerprint density at radius 1 is 1.31 bits per heavy atom. The van der Waals surface area contributed by atoms with Crippen molar-refractivity contribution in [1.82, 2.24) is 9.13 Å². The molecule has 0 amide bonds. The Bertz CT molecular complexity index is 516. The van der Waals surface area contributed by atoms with E-state index < -0.39 is 0 Å². The van der Waals surface area contributed by atoms with E-state index in [0.29, 0.717) is 5.62 Å². The molecule has 1 aromatic carbocycles. The van der Waals surface area contributed by atoms with Crippen LogP contribution in [0.3, 0.4) is 0 Å². The second-order valence-electron chi connectivity index (χ2n) is 2.92. The fourth-order valence-corrected chi connectivity index (χ4v) is 1.53. The van der Waals surface area contributed by atoms with Gasteiger partial charge in [-0.05, 0) is 12.1 Å². The van der Waals surface area contributed by atoms with Gasteiger partial charge in [-0.15, -0.1) is 0 Å². The fraction of sp³-hybridized carbons (Fsp3) is 0.100. The standard InChI is InChI=1S/C10H11N3/c1-3-13-9-7-5-4-6-8(9)12(2)10(13)11/h3-7,11H,1H2,2H3. The smallest absolute Gasteiger partial charge is 0.206 e. The lowest BCUT2D eigenvalue weighted by Crippen LogP contribution is -2.18. The van der Waals surface area contributed by atoms with Crippen molar-refractivity contribution in [2.24, 2.45) is 7.05 Å². The van der Waals surface area contributed by atoms with E-state index in [-0.39, 0.29) is 0 Å². The highest BCUT2D eigenvalue weighted by Crippen LogP contribution is 2.10. The molecule has 0 unspecified atom stereocenters. The van der Waals surface area contributed by atoms with Crippen LogP contribution in [0, 0.1) is 5.41 Å². The third-order valence-corrected chi connectivity index (χ3v) is 2.23. The molecule has 13 heavy (non-hydrogen) atoms. The number of hydrogen-bond donors (Lipinski definition) is 1. The van der Waals surface area contributed by atoms with Gasteiger partial charge in [0.25, 0.3) is 0 Å². The molecule has 0 aliphatic heterocycles. The Kier molecular flexibility index (Phi) is 1.59.